The summed E-state index contributed by atoms with van der Waals surface area (Å²) >= 11 is 0. The Morgan fingerprint density at radius 1 is 1.24 bits per heavy atom. The van der Waals surface area contributed by atoms with Gasteiger partial charge in [-0.05, 0) is 23.5 Å². The van der Waals surface area contributed by atoms with E-state index < -0.39 is 0 Å². The van der Waals surface area contributed by atoms with Gasteiger partial charge < -0.3 is 10.2 Å². The van der Waals surface area contributed by atoms with Crippen LogP contribution in [0.5, 0.6) is 0 Å². The lowest BCUT2D eigenvalue weighted by Gasteiger charge is -2.21. The van der Waals surface area contributed by atoms with E-state index in [4.69, 9.17) is 4.99 Å². The third-order valence-corrected chi connectivity index (χ3v) is 4.11. The Hall–Kier alpha value is -2.37. The molecule has 136 valence electrons. The number of nitrogens with one attached hydrogen (secondary N) is 1. The van der Waals surface area contributed by atoms with Crippen LogP contribution in [0.4, 0.5) is 0 Å². The fourth-order valence-electron chi connectivity index (χ4n) is 2.50. The highest BCUT2D eigenvalue weighted by Crippen LogP contribution is 2.22. The fraction of sp³-hybridized carbons (Fsp3) is 0.526. The minimum absolute atomic E-state index is 0.174. The highest BCUT2D eigenvalue weighted by Gasteiger charge is 2.13. The topological polar surface area (TPSA) is 58.3 Å². The molecule has 0 spiro atoms. The van der Waals surface area contributed by atoms with Gasteiger partial charge in [0.1, 0.15) is 12.2 Å². The van der Waals surface area contributed by atoms with E-state index >= 15 is 0 Å². The van der Waals surface area contributed by atoms with Crippen molar-refractivity contribution in [3.63, 3.8) is 0 Å². The zero-order valence-electron chi connectivity index (χ0n) is 16.2. The average Bonchev–Trinajstić information content (AvgIpc) is 2.96. The Labute approximate surface area is 151 Å². The molecule has 0 aliphatic rings. The lowest BCUT2D eigenvalue weighted by Crippen LogP contribution is -2.39. The first-order valence-corrected chi connectivity index (χ1v) is 8.73. The highest BCUT2D eigenvalue weighted by molar-refractivity contribution is 5.79. The number of hydrogen-bond donors (Lipinski definition) is 1. The van der Waals surface area contributed by atoms with Gasteiger partial charge in [0.25, 0.3) is 0 Å². The van der Waals surface area contributed by atoms with Crippen LogP contribution in [-0.4, -0.2) is 39.2 Å². The van der Waals surface area contributed by atoms with Crippen LogP contribution in [0, 0.1) is 0 Å². The van der Waals surface area contributed by atoms with E-state index in [-0.39, 0.29) is 5.41 Å². The van der Waals surface area contributed by atoms with E-state index in [1.54, 1.807) is 11.0 Å². The summed E-state index contributed by atoms with van der Waals surface area (Å²) in [5, 5.41) is 7.45. The molecule has 0 amide bonds. The number of rotatable bonds is 5. The Balaban J connectivity index is 2.07. The van der Waals surface area contributed by atoms with E-state index in [2.05, 4.69) is 72.3 Å². The fourth-order valence-corrected chi connectivity index (χ4v) is 2.50. The molecule has 0 atom stereocenters. The van der Waals surface area contributed by atoms with Crippen LogP contribution < -0.4 is 5.32 Å². The summed E-state index contributed by atoms with van der Waals surface area (Å²) in [5.74, 6) is 1.77. The predicted octanol–water partition coefficient (Wildman–Crippen LogP) is 2.71. The monoisotopic (exact) mass is 342 g/mol. The van der Waals surface area contributed by atoms with Gasteiger partial charge in [-0.25, -0.2) is 9.98 Å². The molecule has 0 unspecified atom stereocenters. The van der Waals surface area contributed by atoms with Crippen LogP contribution in [0.25, 0.3) is 0 Å². The van der Waals surface area contributed by atoms with E-state index in [9.17, 15) is 0 Å². The number of aryl methyl sites for hydroxylation is 1. The smallest absolute Gasteiger partial charge is 0.194 e. The van der Waals surface area contributed by atoms with Crippen molar-refractivity contribution in [2.24, 2.45) is 12.0 Å². The van der Waals surface area contributed by atoms with Crippen molar-refractivity contribution >= 4 is 5.96 Å². The third-order valence-electron chi connectivity index (χ3n) is 4.11. The molecule has 0 saturated heterocycles. The van der Waals surface area contributed by atoms with Crippen molar-refractivity contribution in [2.45, 2.75) is 46.2 Å². The molecular weight excluding hydrogens is 312 g/mol. The van der Waals surface area contributed by atoms with Crippen molar-refractivity contribution in [3.8, 4) is 0 Å². The van der Waals surface area contributed by atoms with E-state index in [1.165, 1.54) is 11.1 Å². The molecule has 1 aromatic heterocycles. The molecule has 2 aromatic rings. The molecule has 0 radical (unpaired) electrons. The molecule has 0 bridgehead atoms. The molecule has 2 rings (SSSR count). The van der Waals surface area contributed by atoms with Gasteiger partial charge in [0.15, 0.2) is 5.96 Å². The van der Waals surface area contributed by atoms with E-state index in [0.717, 1.165) is 18.3 Å². The van der Waals surface area contributed by atoms with E-state index in [1.807, 2.05) is 14.1 Å². The van der Waals surface area contributed by atoms with Crippen molar-refractivity contribution in [2.75, 3.05) is 13.6 Å². The summed E-state index contributed by atoms with van der Waals surface area (Å²) in [4.78, 5) is 11.1. The Morgan fingerprint density at radius 3 is 2.44 bits per heavy atom. The molecular formula is C19H30N6. The first-order chi connectivity index (χ1) is 11.8. The number of nitrogens with zero attached hydrogens (tertiary/aromatic N) is 5. The largest absolute Gasteiger partial charge is 0.357 e. The van der Waals surface area contributed by atoms with Crippen LogP contribution in [-0.2, 0) is 25.6 Å². The number of hydrogen-bond acceptors (Lipinski definition) is 3. The number of guanidine groups is 1. The molecule has 1 heterocycles. The van der Waals surface area contributed by atoms with Gasteiger partial charge in [0.05, 0.1) is 13.1 Å². The van der Waals surface area contributed by atoms with Crippen LogP contribution in [0.15, 0.2) is 35.6 Å². The van der Waals surface area contributed by atoms with Gasteiger partial charge in [-0.1, -0.05) is 45.0 Å². The highest BCUT2D eigenvalue weighted by atomic mass is 15.4. The van der Waals surface area contributed by atoms with Crippen LogP contribution >= 0.6 is 0 Å². The quantitative estimate of drug-likeness (QED) is 0.670. The summed E-state index contributed by atoms with van der Waals surface area (Å²) in [6, 6.07) is 8.72. The molecule has 0 saturated carbocycles. The van der Waals surface area contributed by atoms with Crippen LogP contribution in [0.1, 0.15) is 44.6 Å². The molecule has 0 aliphatic carbocycles. The third kappa shape index (κ3) is 5.31. The SMILES string of the molecule is CCNC(=NCc1ccc(C(C)(C)C)cc1)N(C)Cc1ncnn1C. The lowest BCUT2D eigenvalue weighted by molar-refractivity contribution is 0.448. The second-order valence-corrected chi connectivity index (χ2v) is 7.27. The molecule has 6 nitrogen and oxygen atoms in total. The van der Waals surface area contributed by atoms with Gasteiger partial charge in [-0.3, -0.25) is 4.68 Å². The minimum atomic E-state index is 0.174. The van der Waals surface area contributed by atoms with Gasteiger partial charge in [0.2, 0.25) is 0 Å². The zero-order valence-corrected chi connectivity index (χ0v) is 16.2. The normalized spacial score (nSPS) is 12.3. The Morgan fingerprint density at radius 2 is 1.92 bits per heavy atom. The maximum absolute atomic E-state index is 4.76. The summed E-state index contributed by atoms with van der Waals surface area (Å²) in [6.07, 6.45) is 1.57. The maximum Gasteiger partial charge on any atom is 0.194 e. The molecule has 0 aliphatic heterocycles. The standard InChI is InChI=1S/C19H30N6/c1-7-20-18(24(5)13-17-22-14-23-25(17)6)21-12-15-8-10-16(11-9-15)19(2,3)4/h8-11,14H,7,12-13H2,1-6H3,(H,20,21). The van der Waals surface area contributed by atoms with Crippen molar-refractivity contribution in [3.05, 3.63) is 47.5 Å². The van der Waals surface area contributed by atoms with E-state index in [0.29, 0.717) is 13.1 Å². The number of aromatic nitrogens is 3. The predicted molar refractivity (Wildman–Crippen MR) is 102 cm³/mol. The first-order valence-electron chi connectivity index (χ1n) is 8.73. The maximum atomic E-state index is 4.76. The average molecular weight is 342 g/mol. The van der Waals surface area contributed by atoms with Crippen molar-refractivity contribution in [1.82, 2.24) is 25.0 Å². The van der Waals surface area contributed by atoms with Gasteiger partial charge in [-0.15, -0.1) is 0 Å². The molecule has 1 N–H and O–H groups in total. The summed E-state index contributed by atoms with van der Waals surface area (Å²) in [7, 11) is 3.91. The van der Waals surface area contributed by atoms with Gasteiger partial charge >= 0.3 is 0 Å². The lowest BCUT2D eigenvalue weighted by atomic mass is 9.87. The summed E-state index contributed by atoms with van der Waals surface area (Å²) in [6.45, 7) is 10.9. The summed E-state index contributed by atoms with van der Waals surface area (Å²) < 4.78 is 1.78. The zero-order chi connectivity index (χ0) is 18.4. The van der Waals surface area contributed by atoms with Crippen LogP contribution in [0.3, 0.4) is 0 Å². The second-order valence-electron chi connectivity index (χ2n) is 7.27. The molecule has 1 aromatic carbocycles. The minimum Gasteiger partial charge on any atom is -0.357 e. The van der Waals surface area contributed by atoms with Gasteiger partial charge in [-0.2, -0.15) is 5.10 Å². The Kier molecular flexibility index (Phi) is 6.17. The summed E-state index contributed by atoms with van der Waals surface area (Å²) in [5.41, 5.74) is 2.72. The molecule has 6 heteroatoms. The van der Waals surface area contributed by atoms with Crippen molar-refractivity contribution < 1.29 is 0 Å². The molecule has 0 fully saturated rings. The van der Waals surface area contributed by atoms with Gasteiger partial charge in [0, 0.05) is 20.6 Å². The molecule has 25 heavy (non-hydrogen) atoms. The number of benzene rings is 1. The number of aliphatic imine (C=N–C) groups is 1. The van der Waals surface area contributed by atoms with Crippen molar-refractivity contribution in [1.29, 1.82) is 0 Å². The Bertz CT molecular complexity index is 693. The second kappa shape index (κ2) is 8.14. The van der Waals surface area contributed by atoms with Crippen LogP contribution in [0.2, 0.25) is 0 Å². The first kappa shape index (κ1) is 19.0.